The van der Waals surface area contributed by atoms with Crippen molar-refractivity contribution < 1.29 is 9.13 Å². The molecule has 88 valence electrons. The van der Waals surface area contributed by atoms with E-state index in [1.54, 1.807) is 6.07 Å². The minimum atomic E-state index is -0.205. The monoisotopic (exact) mass is 223 g/mol. The normalized spacial score (nSPS) is 22.4. The Labute approximate surface area is 95.8 Å². The summed E-state index contributed by atoms with van der Waals surface area (Å²) in [7, 11) is 1.90. The zero-order valence-corrected chi connectivity index (χ0v) is 10.2. The van der Waals surface area contributed by atoms with E-state index in [9.17, 15) is 4.39 Å². The highest BCUT2D eigenvalue weighted by molar-refractivity contribution is 5.45. The van der Waals surface area contributed by atoms with Gasteiger partial charge >= 0.3 is 0 Å². The molecular weight excluding hydrogens is 205 g/mol. The SMILES string of the molecule is CNC1CC(C)(C)Oc2c(C)cc(F)cc21. The van der Waals surface area contributed by atoms with Gasteiger partial charge in [0.1, 0.15) is 17.2 Å². The molecular formula is C13H18FNO. The Bertz CT molecular complexity index is 415. The van der Waals surface area contributed by atoms with Crippen molar-refractivity contribution in [3.8, 4) is 5.75 Å². The van der Waals surface area contributed by atoms with Gasteiger partial charge < -0.3 is 10.1 Å². The molecule has 1 aromatic carbocycles. The summed E-state index contributed by atoms with van der Waals surface area (Å²) in [4.78, 5) is 0. The third-order valence-corrected chi connectivity index (χ3v) is 3.07. The average molecular weight is 223 g/mol. The third kappa shape index (κ3) is 1.92. The molecule has 0 fully saturated rings. The lowest BCUT2D eigenvalue weighted by molar-refractivity contribution is 0.0663. The summed E-state index contributed by atoms with van der Waals surface area (Å²) in [5.41, 5.74) is 1.59. The van der Waals surface area contributed by atoms with E-state index >= 15 is 0 Å². The molecule has 1 unspecified atom stereocenters. The first kappa shape index (κ1) is 11.4. The fourth-order valence-corrected chi connectivity index (χ4v) is 2.33. The number of halogens is 1. The molecule has 0 bridgehead atoms. The molecule has 1 atom stereocenters. The summed E-state index contributed by atoms with van der Waals surface area (Å²) >= 11 is 0. The van der Waals surface area contributed by atoms with E-state index in [2.05, 4.69) is 19.2 Å². The number of aryl methyl sites for hydroxylation is 1. The molecule has 1 heterocycles. The number of fused-ring (bicyclic) bond motifs is 1. The highest BCUT2D eigenvalue weighted by Gasteiger charge is 2.34. The Morgan fingerprint density at radius 1 is 1.44 bits per heavy atom. The topological polar surface area (TPSA) is 21.3 Å². The van der Waals surface area contributed by atoms with Crippen LogP contribution in [0, 0.1) is 12.7 Å². The summed E-state index contributed by atoms with van der Waals surface area (Å²) in [6, 6.07) is 3.25. The Morgan fingerprint density at radius 2 is 2.12 bits per heavy atom. The maximum Gasteiger partial charge on any atom is 0.128 e. The molecule has 0 radical (unpaired) electrons. The highest BCUT2D eigenvalue weighted by Crippen LogP contribution is 2.41. The van der Waals surface area contributed by atoms with Gasteiger partial charge in [0.05, 0.1) is 0 Å². The fourth-order valence-electron chi connectivity index (χ4n) is 2.33. The van der Waals surface area contributed by atoms with Crippen LogP contribution in [0.3, 0.4) is 0 Å². The first-order valence-corrected chi connectivity index (χ1v) is 5.59. The van der Waals surface area contributed by atoms with E-state index in [0.717, 1.165) is 23.3 Å². The van der Waals surface area contributed by atoms with Gasteiger partial charge in [-0.05, 0) is 45.5 Å². The molecule has 1 aliphatic rings. The predicted molar refractivity (Wildman–Crippen MR) is 62.3 cm³/mol. The van der Waals surface area contributed by atoms with E-state index in [1.807, 2.05) is 14.0 Å². The number of rotatable bonds is 1. The Balaban J connectivity index is 2.54. The molecule has 0 saturated heterocycles. The van der Waals surface area contributed by atoms with Gasteiger partial charge in [-0.2, -0.15) is 0 Å². The van der Waals surface area contributed by atoms with Crippen molar-refractivity contribution >= 4 is 0 Å². The minimum Gasteiger partial charge on any atom is -0.487 e. The second kappa shape index (κ2) is 3.74. The highest BCUT2D eigenvalue weighted by atomic mass is 19.1. The maximum absolute atomic E-state index is 13.4. The molecule has 1 N–H and O–H groups in total. The number of benzene rings is 1. The van der Waals surface area contributed by atoms with Gasteiger partial charge in [0, 0.05) is 18.0 Å². The standard InChI is InChI=1S/C13H18FNO/c1-8-5-9(14)6-10-11(15-4)7-13(2,3)16-12(8)10/h5-6,11,15H,7H2,1-4H3. The molecule has 0 spiro atoms. The summed E-state index contributed by atoms with van der Waals surface area (Å²) in [6.45, 7) is 6.00. The van der Waals surface area contributed by atoms with Gasteiger partial charge in [0.25, 0.3) is 0 Å². The zero-order chi connectivity index (χ0) is 11.9. The Morgan fingerprint density at radius 3 is 2.75 bits per heavy atom. The molecule has 1 aromatic rings. The number of ether oxygens (including phenoxy) is 1. The van der Waals surface area contributed by atoms with Crippen molar-refractivity contribution in [2.45, 2.75) is 38.8 Å². The van der Waals surface area contributed by atoms with Crippen molar-refractivity contribution in [3.63, 3.8) is 0 Å². The van der Waals surface area contributed by atoms with Crippen LogP contribution in [0.25, 0.3) is 0 Å². The average Bonchev–Trinajstić information content (AvgIpc) is 2.18. The lowest BCUT2D eigenvalue weighted by Gasteiger charge is -2.38. The van der Waals surface area contributed by atoms with Crippen LogP contribution in [0.5, 0.6) is 5.75 Å². The van der Waals surface area contributed by atoms with Gasteiger partial charge in [-0.15, -0.1) is 0 Å². The predicted octanol–water partition coefficient (Wildman–Crippen LogP) is 2.96. The van der Waals surface area contributed by atoms with Crippen LogP contribution in [0.1, 0.15) is 37.4 Å². The largest absolute Gasteiger partial charge is 0.487 e. The summed E-state index contributed by atoms with van der Waals surface area (Å²) < 4.78 is 19.3. The minimum absolute atomic E-state index is 0.160. The first-order valence-electron chi connectivity index (χ1n) is 5.59. The van der Waals surface area contributed by atoms with E-state index in [-0.39, 0.29) is 17.5 Å². The Hall–Kier alpha value is -1.09. The number of hydrogen-bond donors (Lipinski definition) is 1. The van der Waals surface area contributed by atoms with Gasteiger partial charge in [0.15, 0.2) is 0 Å². The van der Waals surface area contributed by atoms with Crippen LogP contribution in [0.2, 0.25) is 0 Å². The van der Waals surface area contributed by atoms with Crippen LogP contribution < -0.4 is 10.1 Å². The fraction of sp³-hybridized carbons (Fsp3) is 0.538. The van der Waals surface area contributed by atoms with E-state index in [0.29, 0.717) is 0 Å². The molecule has 16 heavy (non-hydrogen) atoms. The first-order chi connectivity index (χ1) is 7.43. The zero-order valence-electron chi connectivity index (χ0n) is 10.2. The van der Waals surface area contributed by atoms with E-state index in [4.69, 9.17) is 4.74 Å². The molecule has 1 aliphatic heterocycles. The van der Waals surface area contributed by atoms with Crippen LogP contribution in [0.4, 0.5) is 4.39 Å². The van der Waals surface area contributed by atoms with E-state index in [1.165, 1.54) is 6.07 Å². The second-order valence-electron chi connectivity index (χ2n) is 5.05. The van der Waals surface area contributed by atoms with Crippen LogP contribution in [-0.2, 0) is 0 Å². The lowest BCUT2D eigenvalue weighted by Crippen LogP contribution is -2.38. The Kier molecular flexibility index (Phi) is 2.66. The molecule has 0 aliphatic carbocycles. The lowest BCUT2D eigenvalue weighted by atomic mass is 9.88. The summed E-state index contributed by atoms with van der Waals surface area (Å²) in [6.07, 6.45) is 0.847. The second-order valence-corrected chi connectivity index (χ2v) is 5.05. The van der Waals surface area contributed by atoms with Crippen molar-refractivity contribution in [3.05, 3.63) is 29.1 Å². The molecule has 0 aromatic heterocycles. The van der Waals surface area contributed by atoms with Gasteiger partial charge in [0.2, 0.25) is 0 Å². The quantitative estimate of drug-likeness (QED) is 0.790. The molecule has 2 rings (SSSR count). The molecule has 3 heteroatoms. The van der Waals surface area contributed by atoms with Crippen LogP contribution >= 0.6 is 0 Å². The molecule has 0 saturated carbocycles. The molecule has 2 nitrogen and oxygen atoms in total. The smallest absolute Gasteiger partial charge is 0.128 e. The van der Waals surface area contributed by atoms with Crippen molar-refractivity contribution in [2.24, 2.45) is 0 Å². The number of hydrogen-bond acceptors (Lipinski definition) is 2. The van der Waals surface area contributed by atoms with Gasteiger partial charge in [-0.25, -0.2) is 4.39 Å². The van der Waals surface area contributed by atoms with Crippen molar-refractivity contribution in [2.75, 3.05) is 7.05 Å². The van der Waals surface area contributed by atoms with Crippen LogP contribution in [-0.4, -0.2) is 12.6 Å². The summed E-state index contributed by atoms with van der Waals surface area (Å²) in [5, 5.41) is 3.22. The van der Waals surface area contributed by atoms with Crippen LogP contribution in [0.15, 0.2) is 12.1 Å². The number of nitrogens with one attached hydrogen (secondary N) is 1. The third-order valence-electron chi connectivity index (χ3n) is 3.07. The van der Waals surface area contributed by atoms with E-state index < -0.39 is 0 Å². The van der Waals surface area contributed by atoms with Crippen molar-refractivity contribution in [1.29, 1.82) is 0 Å². The van der Waals surface area contributed by atoms with Gasteiger partial charge in [-0.3, -0.25) is 0 Å². The maximum atomic E-state index is 13.4. The van der Waals surface area contributed by atoms with Crippen molar-refractivity contribution in [1.82, 2.24) is 5.32 Å². The molecule has 0 amide bonds. The summed E-state index contributed by atoms with van der Waals surface area (Å²) in [5.74, 6) is 0.636. The van der Waals surface area contributed by atoms with Gasteiger partial charge in [-0.1, -0.05) is 0 Å².